The first-order valence-electron chi connectivity index (χ1n) is 5.00. The number of halogens is 1. The Morgan fingerprint density at radius 1 is 1.50 bits per heavy atom. The minimum atomic E-state index is -0.391. The molecule has 1 aromatic carbocycles. The highest BCUT2D eigenvalue weighted by Gasteiger charge is 2.14. The van der Waals surface area contributed by atoms with Gasteiger partial charge in [0.1, 0.15) is 11.6 Å². The van der Waals surface area contributed by atoms with Crippen LogP contribution in [0.15, 0.2) is 17.1 Å². The SMILES string of the molecule is COc1cc(F)cc(CN=C=O)c1C(C)C. The summed E-state index contributed by atoms with van der Waals surface area (Å²) in [5, 5.41) is 0. The van der Waals surface area contributed by atoms with Crippen LogP contribution in [0.25, 0.3) is 0 Å². The van der Waals surface area contributed by atoms with Gasteiger partial charge in [0, 0.05) is 11.6 Å². The zero-order chi connectivity index (χ0) is 12.1. The Morgan fingerprint density at radius 2 is 2.19 bits per heavy atom. The fraction of sp³-hybridized carbons (Fsp3) is 0.417. The van der Waals surface area contributed by atoms with Gasteiger partial charge in [-0.1, -0.05) is 13.8 Å². The van der Waals surface area contributed by atoms with Crippen LogP contribution in [0.1, 0.15) is 30.9 Å². The van der Waals surface area contributed by atoms with Crippen molar-refractivity contribution in [2.24, 2.45) is 4.99 Å². The maximum Gasteiger partial charge on any atom is 0.235 e. The van der Waals surface area contributed by atoms with Crippen molar-refractivity contribution in [2.45, 2.75) is 26.3 Å². The van der Waals surface area contributed by atoms with Crippen LogP contribution in [0.3, 0.4) is 0 Å². The van der Waals surface area contributed by atoms with Crippen LogP contribution in [-0.2, 0) is 11.3 Å². The van der Waals surface area contributed by atoms with Crippen molar-refractivity contribution in [2.75, 3.05) is 7.11 Å². The van der Waals surface area contributed by atoms with Crippen LogP contribution in [0.5, 0.6) is 5.75 Å². The van der Waals surface area contributed by atoms with E-state index in [2.05, 4.69) is 4.99 Å². The van der Waals surface area contributed by atoms with Crippen LogP contribution < -0.4 is 4.74 Å². The number of methoxy groups -OCH3 is 1. The van der Waals surface area contributed by atoms with Crippen LogP contribution in [0.2, 0.25) is 0 Å². The largest absolute Gasteiger partial charge is 0.496 e. The molecule has 3 nitrogen and oxygen atoms in total. The normalized spacial score (nSPS) is 10.1. The topological polar surface area (TPSA) is 38.7 Å². The second-order valence-electron chi connectivity index (χ2n) is 3.74. The molecule has 86 valence electrons. The Morgan fingerprint density at radius 3 is 2.69 bits per heavy atom. The maximum atomic E-state index is 13.3. The number of ether oxygens (including phenoxy) is 1. The molecule has 0 bridgehead atoms. The van der Waals surface area contributed by atoms with Gasteiger partial charge < -0.3 is 4.74 Å². The predicted molar refractivity (Wildman–Crippen MR) is 58.9 cm³/mol. The molecular weight excluding hydrogens is 209 g/mol. The molecule has 4 heteroatoms. The van der Waals surface area contributed by atoms with Crippen molar-refractivity contribution in [1.29, 1.82) is 0 Å². The Kier molecular flexibility index (Phi) is 4.20. The zero-order valence-corrected chi connectivity index (χ0v) is 9.58. The summed E-state index contributed by atoms with van der Waals surface area (Å²) in [5.41, 5.74) is 1.54. The molecule has 0 aromatic heterocycles. The second kappa shape index (κ2) is 5.42. The molecule has 0 saturated carbocycles. The van der Waals surface area contributed by atoms with Gasteiger partial charge >= 0.3 is 0 Å². The monoisotopic (exact) mass is 223 g/mol. The summed E-state index contributed by atoms with van der Waals surface area (Å²) >= 11 is 0. The van der Waals surface area contributed by atoms with Crippen molar-refractivity contribution < 1.29 is 13.9 Å². The molecule has 0 atom stereocenters. The zero-order valence-electron chi connectivity index (χ0n) is 9.58. The minimum absolute atomic E-state index is 0.130. The molecule has 16 heavy (non-hydrogen) atoms. The van der Waals surface area contributed by atoms with Crippen molar-refractivity contribution in [1.82, 2.24) is 0 Å². The molecule has 0 radical (unpaired) electrons. The van der Waals surface area contributed by atoms with E-state index in [0.717, 1.165) is 5.56 Å². The Bertz CT molecular complexity index is 423. The summed E-state index contributed by atoms with van der Waals surface area (Å²) in [7, 11) is 1.49. The minimum Gasteiger partial charge on any atom is -0.496 e. The average molecular weight is 223 g/mol. The molecule has 0 unspecified atom stereocenters. The van der Waals surface area contributed by atoms with E-state index in [4.69, 9.17) is 4.74 Å². The van der Waals surface area contributed by atoms with E-state index in [1.807, 2.05) is 13.8 Å². The lowest BCUT2D eigenvalue weighted by atomic mass is 9.96. The van der Waals surface area contributed by atoms with Gasteiger partial charge in [-0.3, -0.25) is 0 Å². The van der Waals surface area contributed by atoms with E-state index in [0.29, 0.717) is 11.3 Å². The highest BCUT2D eigenvalue weighted by Crippen LogP contribution is 2.31. The third-order valence-corrected chi connectivity index (χ3v) is 2.30. The van der Waals surface area contributed by atoms with Crippen LogP contribution in [0, 0.1) is 5.82 Å². The van der Waals surface area contributed by atoms with Gasteiger partial charge in [-0.25, -0.2) is 14.2 Å². The Balaban J connectivity index is 3.31. The van der Waals surface area contributed by atoms with Crippen molar-refractivity contribution >= 4 is 6.08 Å². The first-order valence-corrected chi connectivity index (χ1v) is 5.00. The van der Waals surface area contributed by atoms with Crippen LogP contribution >= 0.6 is 0 Å². The molecule has 0 fully saturated rings. The lowest BCUT2D eigenvalue weighted by Crippen LogP contribution is -2.01. The third kappa shape index (κ3) is 2.67. The fourth-order valence-corrected chi connectivity index (χ4v) is 1.72. The van der Waals surface area contributed by atoms with E-state index in [1.54, 1.807) is 0 Å². The summed E-state index contributed by atoms with van der Waals surface area (Å²) in [6.45, 7) is 4.08. The highest BCUT2D eigenvalue weighted by molar-refractivity contribution is 5.44. The molecule has 0 aliphatic heterocycles. The summed E-state index contributed by atoms with van der Waals surface area (Å²) in [6, 6.07) is 2.71. The molecule has 0 saturated heterocycles. The van der Waals surface area contributed by atoms with Gasteiger partial charge in [0.15, 0.2) is 0 Å². The van der Waals surface area contributed by atoms with Crippen molar-refractivity contribution in [3.8, 4) is 5.75 Å². The molecular formula is C12H14FNO2. The number of benzene rings is 1. The van der Waals surface area contributed by atoms with E-state index in [9.17, 15) is 9.18 Å². The first kappa shape index (κ1) is 12.4. The number of hydrogen-bond acceptors (Lipinski definition) is 3. The first-order chi connectivity index (χ1) is 7.60. The van der Waals surface area contributed by atoms with Gasteiger partial charge in [0.05, 0.1) is 13.7 Å². The van der Waals surface area contributed by atoms with Crippen LogP contribution in [0.4, 0.5) is 4.39 Å². The smallest absolute Gasteiger partial charge is 0.235 e. The van der Waals surface area contributed by atoms with E-state index < -0.39 is 5.82 Å². The summed E-state index contributed by atoms with van der Waals surface area (Å²) < 4.78 is 18.4. The van der Waals surface area contributed by atoms with E-state index in [1.165, 1.54) is 25.3 Å². The molecule has 0 aliphatic rings. The Labute approximate surface area is 94.0 Å². The molecule has 1 aromatic rings. The van der Waals surface area contributed by atoms with E-state index >= 15 is 0 Å². The lowest BCUT2D eigenvalue weighted by Gasteiger charge is -2.15. The number of isocyanates is 1. The van der Waals surface area contributed by atoms with E-state index in [-0.39, 0.29) is 12.5 Å². The highest BCUT2D eigenvalue weighted by atomic mass is 19.1. The number of rotatable bonds is 4. The lowest BCUT2D eigenvalue weighted by molar-refractivity contribution is 0.403. The number of hydrogen-bond donors (Lipinski definition) is 0. The van der Waals surface area contributed by atoms with Crippen molar-refractivity contribution in [3.63, 3.8) is 0 Å². The standard InChI is InChI=1S/C12H14FNO2/c1-8(2)12-9(6-14-7-15)4-10(13)5-11(12)16-3/h4-5,8H,6H2,1-3H3. The molecule has 0 heterocycles. The summed E-state index contributed by atoms with van der Waals surface area (Å²) in [4.78, 5) is 13.6. The average Bonchev–Trinajstić information content (AvgIpc) is 2.24. The van der Waals surface area contributed by atoms with Gasteiger partial charge in [-0.15, -0.1) is 0 Å². The Hall–Kier alpha value is -1.67. The summed E-state index contributed by atoms with van der Waals surface area (Å²) in [5.74, 6) is 0.274. The van der Waals surface area contributed by atoms with Gasteiger partial charge in [0.25, 0.3) is 0 Å². The molecule has 1 rings (SSSR count). The quantitative estimate of drug-likeness (QED) is 0.581. The van der Waals surface area contributed by atoms with Gasteiger partial charge in [-0.05, 0) is 17.5 Å². The summed E-state index contributed by atoms with van der Waals surface area (Å²) in [6.07, 6.45) is 1.45. The number of nitrogens with zero attached hydrogens (tertiary/aromatic N) is 1. The predicted octanol–water partition coefficient (Wildman–Crippen LogP) is 2.79. The number of aliphatic imine (C=N–C) groups is 1. The molecule has 0 N–H and O–H groups in total. The molecule has 0 aliphatic carbocycles. The van der Waals surface area contributed by atoms with Crippen LogP contribution in [-0.4, -0.2) is 13.2 Å². The van der Waals surface area contributed by atoms with Gasteiger partial charge in [0.2, 0.25) is 6.08 Å². The second-order valence-corrected chi connectivity index (χ2v) is 3.74. The third-order valence-electron chi connectivity index (χ3n) is 2.30. The van der Waals surface area contributed by atoms with Gasteiger partial charge in [-0.2, -0.15) is 0 Å². The fourth-order valence-electron chi connectivity index (χ4n) is 1.72. The molecule has 0 spiro atoms. The molecule has 0 amide bonds. The maximum absolute atomic E-state index is 13.3. The number of carbonyl (C=O) groups excluding carboxylic acids is 1. The van der Waals surface area contributed by atoms with Crippen molar-refractivity contribution in [3.05, 3.63) is 29.1 Å².